The van der Waals surface area contributed by atoms with Gasteiger partial charge in [0.1, 0.15) is 0 Å². The van der Waals surface area contributed by atoms with Crippen molar-refractivity contribution in [3.05, 3.63) is 23.8 Å². The zero-order chi connectivity index (χ0) is 12.3. The van der Waals surface area contributed by atoms with Gasteiger partial charge in [-0.05, 0) is 24.1 Å². The summed E-state index contributed by atoms with van der Waals surface area (Å²) in [5.41, 5.74) is 7.83. The van der Waals surface area contributed by atoms with Crippen molar-refractivity contribution in [3.8, 4) is 0 Å². The van der Waals surface area contributed by atoms with Gasteiger partial charge in [0, 0.05) is 30.2 Å². The van der Waals surface area contributed by atoms with E-state index in [9.17, 15) is 4.79 Å². The Kier molecular flexibility index (Phi) is 4.07. The molecule has 1 aromatic carbocycles. The molecule has 92 valence electrons. The molecule has 0 aromatic heterocycles. The number of fused-ring (bicyclic) bond motifs is 1. The van der Waals surface area contributed by atoms with E-state index in [4.69, 9.17) is 5.73 Å². The van der Waals surface area contributed by atoms with E-state index < -0.39 is 0 Å². The molecule has 0 fully saturated rings. The van der Waals surface area contributed by atoms with E-state index in [2.05, 4.69) is 25.1 Å². The molecule has 1 aromatic rings. The first kappa shape index (κ1) is 12.5. The number of hydrogen-bond acceptors (Lipinski definition) is 3. The van der Waals surface area contributed by atoms with Crippen molar-refractivity contribution >= 4 is 23.4 Å². The van der Waals surface area contributed by atoms with Gasteiger partial charge in [-0.25, -0.2) is 0 Å². The summed E-state index contributed by atoms with van der Waals surface area (Å²) in [5, 5.41) is 0. The largest absolute Gasteiger partial charge is 0.330 e. The Labute approximate surface area is 106 Å². The predicted molar refractivity (Wildman–Crippen MR) is 72.6 cm³/mol. The number of nitrogens with two attached hydrogens (primary N) is 1. The van der Waals surface area contributed by atoms with Gasteiger partial charge in [0.05, 0.1) is 5.69 Å². The number of hydrogen-bond donors (Lipinski definition) is 1. The summed E-state index contributed by atoms with van der Waals surface area (Å²) in [5.74, 6) is 1.11. The summed E-state index contributed by atoms with van der Waals surface area (Å²) >= 11 is 1.83. The summed E-state index contributed by atoms with van der Waals surface area (Å²) in [7, 11) is 0. The summed E-state index contributed by atoms with van der Waals surface area (Å²) in [6.07, 6.45) is 1.46. The fourth-order valence-corrected chi connectivity index (χ4v) is 3.06. The van der Waals surface area contributed by atoms with E-state index in [1.165, 1.54) is 10.5 Å². The van der Waals surface area contributed by atoms with Crippen LogP contribution in [-0.4, -0.2) is 24.7 Å². The molecule has 3 nitrogen and oxygen atoms in total. The van der Waals surface area contributed by atoms with E-state index in [0.29, 0.717) is 13.0 Å². The Morgan fingerprint density at radius 3 is 3.06 bits per heavy atom. The number of amides is 1. The molecule has 0 unspecified atom stereocenters. The van der Waals surface area contributed by atoms with Crippen LogP contribution in [0.5, 0.6) is 0 Å². The summed E-state index contributed by atoms with van der Waals surface area (Å²) in [6.45, 7) is 3.36. The lowest BCUT2D eigenvalue weighted by Gasteiger charge is -2.29. The fourth-order valence-electron chi connectivity index (χ4n) is 2.00. The molecule has 0 radical (unpaired) electrons. The number of benzene rings is 1. The van der Waals surface area contributed by atoms with Gasteiger partial charge in [-0.15, -0.1) is 11.8 Å². The van der Waals surface area contributed by atoms with Crippen LogP contribution in [-0.2, 0) is 11.2 Å². The Bertz CT molecular complexity index is 420. The van der Waals surface area contributed by atoms with E-state index in [0.717, 1.165) is 24.4 Å². The lowest BCUT2D eigenvalue weighted by Crippen LogP contribution is -2.36. The standard InChI is InChI=1S/C13H18N2OS/c1-2-10-3-4-11-12(9-10)17-8-7-15(11)13(16)5-6-14/h3-4,9H,2,5-8,14H2,1H3. The van der Waals surface area contributed by atoms with Crippen LogP contribution in [0.15, 0.2) is 23.1 Å². The smallest absolute Gasteiger partial charge is 0.228 e. The van der Waals surface area contributed by atoms with Crippen LogP contribution < -0.4 is 10.6 Å². The molecule has 1 amide bonds. The second kappa shape index (κ2) is 5.56. The third kappa shape index (κ3) is 2.64. The van der Waals surface area contributed by atoms with E-state index in [-0.39, 0.29) is 5.91 Å². The molecule has 1 aliphatic rings. The van der Waals surface area contributed by atoms with Crippen molar-refractivity contribution in [2.75, 3.05) is 23.7 Å². The molecular weight excluding hydrogens is 232 g/mol. The highest BCUT2D eigenvalue weighted by Crippen LogP contribution is 2.35. The molecule has 1 heterocycles. The van der Waals surface area contributed by atoms with Gasteiger partial charge in [0.15, 0.2) is 0 Å². The number of carbonyl (C=O) groups is 1. The van der Waals surface area contributed by atoms with Gasteiger partial charge in [-0.3, -0.25) is 4.79 Å². The number of carbonyl (C=O) groups excluding carboxylic acids is 1. The average Bonchev–Trinajstić information content (AvgIpc) is 2.37. The average molecular weight is 250 g/mol. The molecule has 0 spiro atoms. The van der Waals surface area contributed by atoms with Gasteiger partial charge in [-0.1, -0.05) is 13.0 Å². The number of aryl methyl sites for hydroxylation is 1. The topological polar surface area (TPSA) is 46.3 Å². The van der Waals surface area contributed by atoms with Gasteiger partial charge < -0.3 is 10.6 Å². The van der Waals surface area contributed by atoms with Crippen LogP contribution in [0.25, 0.3) is 0 Å². The van der Waals surface area contributed by atoms with E-state index in [1.807, 2.05) is 16.7 Å². The number of nitrogens with zero attached hydrogens (tertiary/aromatic N) is 1. The van der Waals surface area contributed by atoms with Gasteiger partial charge in [0.25, 0.3) is 0 Å². The minimum Gasteiger partial charge on any atom is -0.330 e. The normalized spacial score (nSPS) is 14.6. The van der Waals surface area contributed by atoms with Gasteiger partial charge in [-0.2, -0.15) is 0 Å². The van der Waals surface area contributed by atoms with Crippen LogP contribution >= 0.6 is 11.8 Å². The van der Waals surface area contributed by atoms with E-state index >= 15 is 0 Å². The second-order valence-corrected chi connectivity index (χ2v) is 5.22. The maximum atomic E-state index is 12.0. The molecule has 2 rings (SSSR count). The molecule has 0 bridgehead atoms. The monoisotopic (exact) mass is 250 g/mol. The Hall–Kier alpha value is -1.00. The lowest BCUT2D eigenvalue weighted by atomic mass is 10.1. The van der Waals surface area contributed by atoms with Crippen molar-refractivity contribution in [1.82, 2.24) is 0 Å². The van der Waals surface area contributed by atoms with E-state index in [1.54, 1.807) is 0 Å². The molecule has 0 atom stereocenters. The van der Waals surface area contributed by atoms with Crippen molar-refractivity contribution in [2.24, 2.45) is 5.73 Å². The van der Waals surface area contributed by atoms with Crippen LogP contribution in [0.2, 0.25) is 0 Å². The molecule has 2 N–H and O–H groups in total. The molecule has 4 heteroatoms. The summed E-state index contributed by atoms with van der Waals surface area (Å²) in [4.78, 5) is 15.0. The van der Waals surface area contributed by atoms with Crippen LogP contribution in [0.4, 0.5) is 5.69 Å². The summed E-state index contributed by atoms with van der Waals surface area (Å²) < 4.78 is 0. The quantitative estimate of drug-likeness (QED) is 0.893. The maximum absolute atomic E-state index is 12.0. The fraction of sp³-hybridized carbons (Fsp3) is 0.462. The molecule has 1 aliphatic heterocycles. The first-order chi connectivity index (χ1) is 8.26. The zero-order valence-corrected chi connectivity index (χ0v) is 10.9. The third-order valence-electron chi connectivity index (χ3n) is 2.95. The third-order valence-corrected chi connectivity index (χ3v) is 3.98. The van der Waals surface area contributed by atoms with Crippen molar-refractivity contribution in [1.29, 1.82) is 0 Å². The lowest BCUT2D eigenvalue weighted by molar-refractivity contribution is -0.118. The molecule has 17 heavy (non-hydrogen) atoms. The molecular formula is C13H18N2OS. The van der Waals surface area contributed by atoms with Crippen LogP contribution in [0, 0.1) is 0 Å². The molecule has 0 saturated carbocycles. The maximum Gasteiger partial charge on any atom is 0.228 e. The van der Waals surface area contributed by atoms with Crippen molar-refractivity contribution < 1.29 is 4.79 Å². The van der Waals surface area contributed by atoms with Crippen LogP contribution in [0.1, 0.15) is 18.9 Å². The minimum absolute atomic E-state index is 0.137. The molecule has 0 saturated heterocycles. The van der Waals surface area contributed by atoms with Crippen molar-refractivity contribution in [3.63, 3.8) is 0 Å². The summed E-state index contributed by atoms with van der Waals surface area (Å²) in [6, 6.07) is 6.37. The highest BCUT2D eigenvalue weighted by atomic mass is 32.2. The van der Waals surface area contributed by atoms with Gasteiger partial charge >= 0.3 is 0 Å². The first-order valence-electron chi connectivity index (χ1n) is 6.02. The first-order valence-corrected chi connectivity index (χ1v) is 7.01. The van der Waals surface area contributed by atoms with Gasteiger partial charge in [0.2, 0.25) is 5.91 Å². The SMILES string of the molecule is CCc1ccc2c(c1)SCCN2C(=O)CCN. The number of anilines is 1. The highest BCUT2D eigenvalue weighted by molar-refractivity contribution is 7.99. The zero-order valence-electron chi connectivity index (χ0n) is 10.1. The predicted octanol–water partition coefficient (Wildman–Crippen LogP) is 2.04. The van der Waals surface area contributed by atoms with Crippen molar-refractivity contribution in [2.45, 2.75) is 24.7 Å². The number of rotatable bonds is 3. The minimum atomic E-state index is 0.137. The Balaban J connectivity index is 2.28. The van der Waals surface area contributed by atoms with Crippen LogP contribution in [0.3, 0.4) is 0 Å². The Morgan fingerprint density at radius 1 is 1.53 bits per heavy atom. The Morgan fingerprint density at radius 2 is 2.35 bits per heavy atom. The highest BCUT2D eigenvalue weighted by Gasteiger charge is 2.22. The second-order valence-electron chi connectivity index (χ2n) is 4.09. The number of thioether (sulfide) groups is 1. The molecule has 0 aliphatic carbocycles.